The lowest BCUT2D eigenvalue weighted by molar-refractivity contribution is 0.439. The monoisotopic (exact) mass is 191 g/mol. The largest absolute Gasteiger partial charge is 0.504 e. The molecule has 72 valence electrons. The number of halogens is 1. The lowest BCUT2D eigenvalue weighted by atomic mass is 10.1. The van der Waals surface area contributed by atoms with Crippen LogP contribution in [0.2, 0.25) is 0 Å². The summed E-state index contributed by atoms with van der Waals surface area (Å²) in [6, 6.07) is 3.21. The van der Waals surface area contributed by atoms with Crippen molar-refractivity contribution in [2.24, 2.45) is 0 Å². The van der Waals surface area contributed by atoms with Gasteiger partial charge in [0, 0.05) is 29.6 Å². The number of hydrogen-bond acceptors (Lipinski definition) is 1. The number of aryl methyl sites for hydroxylation is 1. The van der Waals surface area contributed by atoms with E-state index < -0.39 is 5.82 Å². The average Bonchev–Trinajstić information content (AvgIpc) is 2.73. The van der Waals surface area contributed by atoms with Crippen LogP contribution in [0.25, 0.3) is 11.1 Å². The van der Waals surface area contributed by atoms with Crippen molar-refractivity contribution in [1.29, 1.82) is 0 Å². The van der Waals surface area contributed by atoms with Gasteiger partial charge in [0.25, 0.3) is 0 Å². The molecule has 0 aromatic heterocycles. The number of hydrogen-bond donors (Lipinski definition) is 1. The molecule has 3 heteroatoms. The third-order valence-electron chi connectivity index (χ3n) is 2.93. The molecule has 14 heavy (non-hydrogen) atoms. The maximum atomic E-state index is 13.1. The van der Waals surface area contributed by atoms with Gasteiger partial charge in [-0.05, 0) is 25.0 Å². The van der Waals surface area contributed by atoms with Gasteiger partial charge < -0.3 is 9.67 Å². The van der Waals surface area contributed by atoms with Gasteiger partial charge in [-0.15, -0.1) is 0 Å². The van der Waals surface area contributed by atoms with Crippen molar-refractivity contribution in [2.75, 3.05) is 0 Å². The summed E-state index contributed by atoms with van der Waals surface area (Å²) in [7, 11) is 0. The summed E-state index contributed by atoms with van der Waals surface area (Å²) < 4.78 is 15.3. The zero-order valence-electron chi connectivity index (χ0n) is 7.63. The molecule has 1 aliphatic carbocycles. The minimum Gasteiger partial charge on any atom is -0.504 e. The van der Waals surface area contributed by atoms with E-state index in [9.17, 15) is 9.50 Å². The molecule has 3 rings (SSSR count). The third-order valence-corrected chi connectivity index (χ3v) is 2.93. The molecule has 0 saturated heterocycles. The Bertz CT molecular complexity index is 475. The molecule has 2 nitrogen and oxygen atoms in total. The van der Waals surface area contributed by atoms with Gasteiger partial charge in [-0.1, -0.05) is 0 Å². The van der Waals surface area contributed by atoms with Crippen molar-refractivity contribution in [3.05, 3.63) is 29.8 Å². The molecule has 0 bridgehead atoms. The van der Waals surface area contributed by atoms with Crippen molar-refractivity contribution < 1.29 is 9.50 Å². The Hall–Kier alpha value is -1.51. The molecule has 3 aliphatic rings. The smallest absolute Gasteiger partial charge is 0.166 e. The Kier molecular flexibility index (Phi) is 1.40. The number of pyridine rings is 1. The van der Waals surface area contributed by atoms with Gasteiger partial charge in [-0.25, -0.2) is 4.39 Å². The Balaban J connectivity index is 2.37. The summed E-state index contributed by atoms with van der Waals surface area (Å²) in [5, 5.41) is 9.45. The van der Waals surface area contributed by atoms with Crippen molar-refractivity contribution in [2.45, 2.75) is 19.4 Å². The number of rotatable bonds is 0. The van der Waals surface area contributed by atoms with Crippen LogP contribution in [-0.4, -0.2) is 9.67 Å². The number of aromatic nitrogens is 1. The summed E-state index contributed by atoms with van der Waals surface area (Å²) >= 11 is 0. The molecular formula is C11H10FNO. The van der Waals surface area contributed by atoms with Gasteiger partial charge in [-0.3, -0.25) is 0 Å². The maximum absolute atomic E-state index is 13.1. The van der Waals surface area contributed by atoms with Crippen LogP contribution < -0.4 is 0 Å². The molecule has 2 heterocycles. The van der Waals surface area contributed by atoms with Crippen molar-refractivity contribution in [3.8, 4) is 16.9 Å². The second-order valence-corrected chi connectivity index (χ2v) is 3.73. The lowest BCUT2D eigenvalue weighted by Gasteiger charge is -2.08. The fourth-order valence-corrected chi connectivity index (χ4v) is 2.25. The van der Waals surface area contributed by atoms with E-state index in [-0.39, 0.29) is 5.75 Å². The van der Waals surface area contributed by atoms with Crippen LogP contribution in [0.4, 0.5) is 4.39 Å². The predicted molar refractivity (Wildman–Crippen MR) is 51.0 cm³/mol. The SMILES string of the molecule is Oc1c(F)cc2c3n(ccc1-2)CCC3. The van der Waals surface area contributed by atoms with Crippen LogP contribution >= 0.6 is 0 Å². The lowest BCUT2D eigenvalue weighted by Crippen LogP contribution is -1.97. The molecule has 0 aromatic carbocycles. The highest BCUT2D eigenvalue weighted by Gasteiger charge is 2.22. The first-order valence-corrected chi connectivity index (χ1v) is 4.76. The molecule has 0 amide bonds. The van der Waals surface area contributed by atoms with Crippen LogP contribution in [-0.2, 0) is 13.0 Å². The zero-order chi connectivity index (χ0) is 9.71. The van der Waals surface area contributed by atoms with Gasteiger partial charge >= 0.3 is 0 Å². The first-order chi connectivity index (χ1) is 6.77. The van der Waals surface area contributed by atoms with Crippen molar-refractivity contribution in [3.63, 3.8) is 0 Å². The van der Waals surface area contributed by atoms with Crippen molar-refractivity contribution in [1.82, 2.24) is 4.57 Å². The number of nitrogens with zero attached hydrogens (tertiary/aromatic N) is 1. The molecule has 0 unspecified atom stereocenters. The first-order valence-electron chi connectivity index (χ1n) is 4.76. The molecule has 1 N–H and O–H groups in total. The van der Waals surface area contributed by atoms with E-state index in [0.717, 1.165) is 30.6 Å². The van der Waals surface area contributed by atoms with E-state index >= 15 is 0 Å². The number of fused-ring (bicyclic) bond motifs is 3. The Morgan fingerprint density at radius 1 is 1.36 bits per heavy atom. The fraction of sp³-hybridized carbons (Fsp3) is 0.273. The van der Waals surface area contributed by atoms with Gasteiger partial charge in [-0.2, -0.15) is 0 Å². The quantitative estimate of drug-likeness (QED) is 0.679. The number of aromatic hydroxyl groups is 1. The van der Waals surface area contributed by atoms with Crippen LogP contribution in [0.1, 0.15) is 12.1 Å². The second kappa shape index (κ2) is 2.50. The highest BCUT2D eigenvalue weighted by molar-refractivity contribution is 5.76. The van der Waals surface area contributed by atoms with Crippen LogP contribution in [0.15, 0.2) is 18.3 Å². The summed E-state index contributed by atoms with van der Waals surface area (Å²) in [5.41, 5.74) is 2.64. The Morgan fingerprint density at radius 2 is 2.21 bits per heavy atom. The zero-order valence-corrected chi connectivity index (χ0v) is 7.63. The van der Waals surface area contributed by atoms with Crippen LogP contribution in [0.5, 0.6) is 5.75 Å². The third kappa shape index (κ3) is 0.842. The van der Waals surface area contributed by atoms with Crippen LogP contribution in [0, 0.1) is 5.82 Å². The molecular weight excluding hydrogens is 181 g/mol. The average molecular weight is 191 g/mol. The summed E-state index contributed by atoms with van der Waals surface area (Å²) in [4.78, 5) is 0. The molecule has 2 aliphatic heterocycles. The molecule has 0 fully saturated rings. The maximum Gasteiger partial charge on any atom is 0.166 e. The first kappa shape index (κ1) is 7.85. The molecule has 0 spiro atoms. The Labute approximate surface area is 80.9 Å². The second-order valence-electron chi connectivity index (χ2n) is 3.73. The van der Waals surface area contributed by atoms with Gasteiger partial charge in [0.2, 0.25) is 0 Å². The van der Waals surface area contributed by atoms with Crippen LogP contribution in [0.3, 0.4) is 0 Å². The highest BCUT2D eigenvalue weighted by atomic mass is 19.1. The normalized spacial score (nSPS) is 14.9. The Morgan fingerprint density at radius 3 is 3.07 bits per heavy atom. The standard InChI is InChI=1S/C11H10FNO/c12-9-6-8-7(11(9)14)3-5-13-4-1-2-10(8)13/h3,5-6,14H,1-2,4H2. The highest BCUT2D eigenvalue weighted by Crippen LogP contribution is 2.40. The minimum absolute atomic E-state index is 0.213. The summed E-state index contributed by atoms with van der Waals surface area (Å²) in [6.45, 7) is 0.999. The summed E-state index contributed by atoms with van der Waals surface area (Å²) in [5.74, 6) is -0.726. The predicted octanol–water partition coefficient (Wildman–Crippen LogP) is 2.38. The summed E-state index contributed by atoms with van der Waals surface area (Å²) in [6.07, 6.45) is 4.00. The van der Waals surface area contributed by atoms with E-state index in [1.54, 1.807) is 6.07 Å². The molecule has 0 radical (unpaired) electrons. The minimum atomic E-state index is -0.513. The van der Waals surface area contributed by atoms with Crippen molar-refractivity contribution >= 4 is 0 Å². The van der Waals surface area contributed by atoms with E-state index in [1.165, 1.54) is 6.07 Å². The van der Waals surface area contributed by atoms with Gasteiger partial charge in [0.15, 0.2) is 11.6 Å². The molecule has 0 saturated carbocycles. The fourth-order valence-electron chi connectivity index (χ4n) is 2.25. The van der Waals surface area contributed by atoms with E-state index in [4.69, 9.17) is 0 Å². The van der Waals surface area contributed by atoms with E-state index in [2.05, 4.69) is 4.57 Å². The van der Waals surface area contributed by atoms with Gasteiger partial charge in [0.1, 0.15) is 0 Å². The van der Waals surface area contributed by atoms with E-state index in [0.29, 0.717) is 5.56 Å². The van der Waals surface area contributed by atoms with E-state index in [1.807, 2.05) is 6.20 Å². The topological polar surface area (TPSA) is 25.2 Å². The van der Waals surface area contributed by atoms with Gasteiger partial charge in [0.05, 0.1) is 0 Å². The molecule has 0 aromatic rings. The molecule has 0 atom stereocenters.